The third-order valence-corrected chi connectivity index (χ3v) is 4.83. The maximum atomic E-state index is 12.4. The van der Waals surface area contributed by atoms with Gasteiger partial charge in [0.2, 0.25) is 10.0 Å². The second kappa shape index (κ2) is 6.87. The van der Waals surface area contributed by atoms with Crippen molar-refractivity contribution in [1.82, 2.24) is 9.62 Å². The fourth-order valence-electron chi connectivity index (χ4n) is 1.91. The number of rotatable bonds is 2. The molecule has 19 heavy (non-hydrogen) atoms. The van der Waals surface area contributed by atoms with Gasteiger partial charge in [-0.05, 0) is 37.2 Å². The summed E-state index contributed by atoms with van der Waals surface area (Å²) in [5, 5.41) is 11.9. The summed E-state index contributed by atoms with van der Waals surface area (Å²) in [5.41, 5.74) is 0.464. The van der Waals surface area contributed by atoms with Crippen molar-refractivity contribution >= 4 is 22.4 Å². The van der Waals surface area contributed by atoms with Crippen LogP contribution in [0.3, 0.4) is 0 Å². The Labute approximate surface area is 119 Å². The predicted octanol–water partition coefficient (Wildman–Crippen LogP) is 0.964. The van der Waals surface area contributed by atoms with Crippen LogP contribution in [0.5, 0.6) is 0 Å². The molecule has 1 aliphatic heterocycles. The van der Waals surface area contributed by atoms with E-state index in [9.17, 15) is 8.42 Å². The van der Waals surface area contributed by atoms with Gasteiger partial charge in [-0.1, -0.05) is 0 Å². The molecule has 1 fully saturated rings. The van der Waals surface area contributed by atoms with Crippen LogP contribution in [0, 0.1) is 11.3 Å². The molecule has 2 rings (SSSR count). The minimum Gasteiger partial charge on any atom is -0.315 e. The third kappa shape index (κ3) is 3.67. The monoisotopic (exact) mass is 301 g/mol. The zero-order valence-electron chi connectivity index (χ0n) is 10.4. The molecule has 1 heterocycles. The Morgan fingerprint density at radius 2 is 1.84 bits per heavy atom. The average molecular weight is 302 g/mol. The largest absolute Gasteiger partial charge is 0.315 e. The van der Waals surface area contributed by atoms with Crippen molar-refractivity contribution in [2.75, 3.05) is 26.2 Å². The van der Waals surface area contributed by atoms with Gasteiger partial charge in [0.25, 0.3) is 0 Å². The molecule has 0 aliphatic carbocycles. The molecule has 104 valence electrons. The van der Waals surface area contributed by atoms with E-state index in [2.05, 4.69) is 5.32 Å². The lowest BCUT2D eigenvalue weighted by Crippen LogP contribution is -2.34. The summed E-state index contributed by atoms with van der Waals surface area (Å²) in [6.45, 7) is 2.55. The Morgan fingerprint density at radius 1 is 1.16 bits per heavy atom. The molecule has 0 spiro atoms. The van der Waals surface area contributed by atoms with Crippen LogP contribution in [-0.4, -0.2) is 38.9 Å². The highest BCUT2D eigenvalue weighted by Gasteiger charge is 2.24. The van der Waals surface area contributed by atoms with Crippen molar-refractivity contribution < 1.29 is 8.42 Å². The summed E-state index contributed by atoms with van der Waals surface area (Å²) in [7, 11) is -3.43. The Bertz CT molecular complexity index is 543. The second-order valence-electron chi connectivity index (χ2n) is 4.14. The Morgan fingerprint density at radius 3 is 2.47 bits per heavy atom. The minimum absolute atomic E-state index is 0. The van der Waals surface area contributed by atoms with Gasteiger partial charge in [-0.25, -0.2) is 8.42 Å². The highest BCUT2D eigenvalue weighted by Crippen LogP contribution is 2.17. The first-order valence-electron chi connectivity index (χ1n) is 5.85. The van der Waals surface area contributed by atoms with Crippen molar-refractivity contribution in [3.8, 4) is 6.07 Å². The van der Waals surface area contributed by atoms with Gasteiger partial charge < -0.3 is 5.32 Å². The van der Waals surface area contributed by atoms with Gasteiger partial charge >= 0.3 is 0 Å². The molecule has 0 unspecified atom stereocenters. The molecule has 0 atom stereocenters. The number of nitrogens with one attached hydrogen (secondary N) is 1. The molecule has 0 amide bonds. The first-order valence-corrected chi connectivity index (χ1v) is 7.29. The zero-order chi connectivity index (χ0) is 13.0. The van der Waals surface area contributed by atoms with Crippen molar-refractivity contribution in [3.05, 3.63) is 29.8 Å². The zero-order valence-corrected chi connectivity index (χ0v) is 12.0. The van der Waals surface area contributed by atoms with E-state index in [-0.39, 0.29) is 17.3 Å². The summed E-state index contributed by atoms with van der Waals surface area (Å²) in [5.74, 6) is 0. The molecule has 7 heteroatoms. The summed E-state index contributed by atoms with van der Waals surface area (Å²) < 4.78 is 26.2. The van der Waals surface area contributed by atoms with Crippen LogP contribution in [0.1, 0.15) is 12.0 Å². The summed E-state index contributed by atoms with van der Waals surface area (Å²) in [6.07, 6.45) is 0.815. The number of nitrogens with zero attached hydrogens (tertiary/aromatic N) is 2. The number of halogens is 1. The first kappa shape index (κ1) is 15.9. The van der Waals surface area contributed by atoms with E-state index in [0.29, 0.717) is 25.2 Å². The van der Waals surface area contributed by atoms with Gasteiger partial charge in [-0.15, -0.1) is 12.4 Å². The molecular formula is C12H16ClN3O2S. The lowest BCUT2D eigenvalue weighted by atomic mass is 10.2. The van der Waals surface area contributed by atoms with Crippen LogP contribution >= 0.6 is 12.4 Å². The van der Waals surface area contributed by atoms with Gasteiger partial charge in [0, 0.05) is 19.6 Å². The van der Waals surface area contributed by atoms with Crippen molar-refractivity contribution in [1.29, 1.82) is 5.26 Å². The van der Waals surface area contributed by atoms with Crippen molar-refractivity contribution in [2.45, 2.75) is 11.3 Å². The number of hydrogen-bond acceptors (Lipinski definition) is 4. The predicted molar refractivity (Wildman–Crippen MR) is 74.7 cm³/mol. The first-order chi connectivity index (χ1) is 8.64. The molecule has 1 N–H and O–H groups in total. The van der Waals surface area contributed by atoms with Gasteiger partial charge in [0.05, 0.1) is 16.5 Å². The average Bonchev–Trinajstić information content (AvgIpc) is 2.68. The molecule has 1 aromatic rings. The quantitative estimate of drug-likeness (QED) is 0.883. The molecular weight excluding hydrogens is 286 g/mol. The fourth-order valence-corrected chi connectivity index (χ4v) is 3.39. The number of nitriles is 1. The van der Waals surface area contributed by atoms with Crippen molar-refractivity contribution in [2.24, 2.45) is 0 Å². The van der Waals surface area contributed by atoms with Crippen LogP contribution in [0.4, 0.5) is 0 Å². The lowest BCUT2D eigenvalue weighted by molar-refractivity contribution is 0.432. The summed E-state index contributed by atoms with van der Waals surface area (Å²) in [6, 6.07) is 8.02. The van der Waals surface area contributed by atoms with Crippen LogP contribution in [-0.2, 0) is 10.0 Å². The molecule has 0 aromatic heterocycles. The fraction of sp³-hybridized carbons (Fsp3) is 0.417. The smallest absolute Gasteiger partial charge is 0.243 e. The van der Waals surface area contributed by atoms with E-state index in [0.717, 1.165) is 13.0 Å². The SMILES string of the molecule is Cl.N#Cc1ccc(S(=O)(=O)N2CCCNCC2)cc1. The van der Waals surface area contributed by atoms with Gasteiger partial charge in [0.15, 0.2) is 0 Å². The molecule has 0 bridgehead atoms. The molecule has 1 aromatic carbocycles. The summed E-state index contributed by atoms with van der Waals surface area (Å²) >= 11 is 0. The van der Waals surface area contributed by atoms with Crippen molar-refractivity contribution in [3.63, 3.8) is 0 Å². The molecule has 1 aliphatic rings. The number of sulfonamides is 1. The van der Waals surface area contributed by atoms with Crippen LogP contribution < -0.4 is 5.32 Å². The second-order valence-corrected chi connectivity index (χ2v) is 6.08. The summed E-state index contributed by atoms with van der Waals surface area (Å²) in [4.78, 5) is 0.253. The van der Waals surface area contributed by atoms with E-state index in [1.165, 1.54) is 28.6 Å². The molecule has 0 saturated carbocycles. The third-order valence-electron chi connectivity index (χ3n) is 2.92. The maximum Gasteiger partial charge on any atom is 0.243 e. The Hall–Kier alpha value is -1.13. The topological polar surface area (TPSA) is 73.2 Å². The van der Waals surface area contributed by atoms with E-state index >= 15 is 0 Å². The highest BCUT2D eigenvalue weighted by atomic mass is 35.5. The van der Waals surface area contributed by atoms with Gasteiger partial charge in [-0.2, -0.15) is 9.57 Å². The normalized spacial score (nSPS) is 17.0. The number of hydrogen-bond donors (Lipinski definition) is 1. The standard InChI is InChI=1S/C12H15N3O2S.ClH/c13-10-11-2-4-12(5-3-11)18(16,17)15-8-1-6-14-7-9-15;/h2-5,14H,1,6-9H2;1H. The highest BCUT2D eigenvalue weighted by molar-refractivity contribution is 7.89. The number of benzene rings is 1. The van der Waals surface area contributed by atoms with E-state index in [1.54, 1.807) is 0 Å². The van der Waals surface area contributed by atoms with Gasteiger partial charge in [-0.3, -0.25) is 0 Å². The van der Waals surface area contributed by atoms with Crippen LogP contribution in [0.15, 0.2) is 29.2 Å². The maximum absolute atomic E-state index is 12.4. The van der Waals surface area contributed by atoms with Gasteiger partial charge in [0.1, 0.15) is 0 Å². The van der Waals surface area contributed by atoms with Crippen LogP contribution in [0.25, 0.3) is 0 Å². The molecule has 0 radical (unpaired) electrons. The molecule has 1 saturated heterocycles. The lowest BCUT2D eigenvalue weighted by Gasteiger charge is -2.19. The van der Waals surface area contributed by atoms with E-state index in [4.69, 9.17) is 5.26 Å². The minimum atomic E-state index is -3.43. The Balaban J connectivity index is 0.00000180. The van der Waals surface area contributed by atoms with E-state index in [1.807, 2.05) is 6.07 Å². The Kier molecular flexibility index (Phi) is 5.76. The molecule has 5 nitrogen and oxygen atoms in total. The van der Waals surface area contributed by atoms with E-state index < -0.39 is 10.0 Å². The van der Waals surface area contributed by atoms with Crippen LogP contribution in [0.2, 0.25) is 0 Å².